The molecule has 1 aliphatic heterocycles. The fourth-order valence-corrected chi connectivity index (χ4v) is 1.76. The number of morpholine rings is 1. The SMILES string of the molecule is CC(C)C(Br)C(=O)N1CCOC[C@@H]1C. The monoisotopic (exact) mass is 263 g/mol. The van der Waals surface area contributed by atoms with Crippen molar-refractivity contribution in [1.82, 2.24) is 4.90 Å². The van der Waals surface area contributed by atoms with Crippen LogP contribution in [0.1, 0.15) is 20.8 Å². The van der Waals surface area contributed by atoms with Crippen LogP contribution in [0.15, 0.2) is 0 Å². The first kappa shape index (κ1) is 12.0. The molecule has 0 aromatic heterocycles. The van der Waals surface area contributed by atoms with Gasteiger partial charge in [0.25, 0.3) is 0 Å². The van der Waals surface area contributed by atoms with Gasteiger partial charge in [0.05, 0.1) is 24.1 Å². The van der Waals surface area contributed by atoms with E-state index in [2.05, 4.69) is 15.9 Å². The van der Waals surface area contributed by atoms with E-state index in [9.17, 15) is 4.79 Å². The standard InChI is InChI=1S/C10H18BrNO2/c1-7(2)9(11)10(13)12-4-5-14-6-8(12)3/h7-9H,4-6H2,1-3H3/t8-,9?/m0/s1. The molecule has 1 heterocycles. The summed E-state index contributed by atoms with van der Waals surface area (Å²) in [5.41, 5.74) is 0. The predicted octanol–water partition coefficient (Wildman–Crippen LogP) is 1.65. The third-order valence-corrected chi connectivity index (χ3v) is 3.92. The van der Waals surface area contributed by atoms with Gasteiger partial charge in [0, 0.05) is 6.54 Å². The number of carbonyl (C=O) groups excluding carboxylic acids is 1. The molecule has 1 amide bonds. The molecule has 0 spiro atoms. The van der Waals surface area contributed by atoms with Crippen LogP contribution in [0.3, 0.4) is 0 Å². The maximum Gasteiger partial charge on any atom is 0.237 e. The fraction of sp³-hybridized carbons (Fsp3) is 0.900. The lowest BCUT2D eigenvalue weighted by Crippen LogP contribution is -2.50. The summed E-state index contributed by atoms with van der Waals surface area (Å²) in [6.07, 6.45) is 0. The molecule has 4 heteroatoms. The van der Waals surface area contributed by atoms with Gasteiger partial charge in [-0.05, 0) is 12.8 Å². The molecular weight excluding hydrogens is 246 g/mol. The van der Waals surface area contributed by atoms with Crippen molar-refractivity contribution in [3.8, 4) is 0 Å². The van der Waals surface area contributed by atoms with Crippen LogP contribution in [-0.4, -0.2) is 41.4 Å². The zero-order valence-corrected chi connectivity index (χ0v) is 10.6. The van der Waals surface area contributed by atoms with E-state index in [1.165, 1.54) is 0 Å². The van der Waals surface area contributed by atoms with Gasteiger partial charge in [-0.2, -0.15) is 0 Å². The van der Waals surface area contributed by atoms with Crippen molar-refractivity contribution in [2.45, 2.75) is 31.6 Å². The smallest absolute Gasteiger partial charge is 0.237 e. The predicted molar refractivity (Wildman–Crippen MR) is 59.5 cm³/mol. The zero-order valence-electron chi connectivity index (χ0n) is 9.00. The minimum Gasteiger partial charge on any atom is -0.377 e. The number of hydrogen-bond donors (Lipinski definition) is 0. The van der Waals surface area contributed by atoms with E-state index in [1.54, 1.807) is 0 Å². The first-order valence-electron chi connectivity index (χ1n) is 5.06. The van der Waals surface area contributed by atoms with Crippen LogP contribution in [-0.2, 0) is 9.53 Å². The lowest BCUT2D eigenvalue weighted by atomic mass is 10.1. The van der Waals surface area contributed by atoms with Gasteiger partial charge in [-0.3, -0.25) is 4.79 Å². The summed E-state index contributed by atoms with van der Waals surface area (Å²) in [5, 5.41) is 0. The van der Waals surface area contributed by atoms with Crippen molar-refractivity contribution >= 4 is 21.8 Å². The Bertz CT molecular complexity index is 208. The van der Waals surface area contributed by atoms with E-state index in [0.717, 1.165) is 6.54 Å². The third-order valence-electron chi connectivity index (χ3n) is 2.47. The van der Waals surface area contributed by atoms with Gasteiger partial charge < -0.3 is 9.64 Å². The van der Waals surface area contributed by atoms with Gasteiger partial charge in [0.2, 0.25) is 5.91 Å². The Kier molecular flexibility index (Phi) is 4.38. The van der Waals surface area contributed by atoms with E-state index in [1.807, 2.05) is 25.7 Å². The van der Waals surface area contributed by atoms with Crippen LogP contribution in [0.4, 0.5) is 0 Å². The van der Waals surface area contributed by atoms with E-state index in [-0.39, 0.29) is 16.8 Å². The number of nitrogens with zero attached hydrogens (tertiary/aromatic N) is 1. The maximum absolute atomic E-state index is 12.0. The van der Waals surface area contributed by atoms with Gasteiger partial charge >= 0.3 is 0 Å². The van der Waals surface area contributed by atoms with Crippen molar-refractivity contribution < 1.29 is 9.53 Å². The molecule has 1 rings (SSSR count). The number of hydrogen-bond acceptors (Lipinski definition) is 2. The average Bonchev–Trinajstić information content (AvgIpc) is 2.16. The second-order valence-electron chi connectivity index (χ2n) is 4.10. The van der Waals surface area contributed by atoms with Gasteiger partial charge in [0.1, 0.15) is 0 Å². The third kappa shape index (κ3) is 2.70. The van der Waals surface area contributed by atoms with E-state index in [0.29, 0.717) is 19.1 Å². The van der Waals surface area contributed by atoms with E-state index >= 15 is 0 Å². The average molecular weight is 264 g/mol. The Balaban J connectivity index is 2.58. The van der Waals surface area contributed by atoms with E-state index < -0.39 is 0 Å². The molecule has 1 unspecified atom stereocenters. The number of ether oxygens (including phenoxy) is 1. The van der Waals surface area contributed by atoms with Crippen molar-refractivity contribution in [2.24, 2.45) is 5.92 Å². The molecule has 0 bridgehead atoms. The quantitative estimate of drug-likeness (QED) is 0.710. The highest BCUT2D eigenvalue weighted by Crippen LogP contribution is 2.18. The Morgan fingerprint density at radius 2 is 2.21 bits per heavy atom. The summed E-state index contributed by atoms with van der Waals surface area (Å²) in [4.78, 5) is 13.8. The number of alkyl halides is 1. The molecule has 0 aromatic rings. The molecular formula is C10H18BrNO2. The fourth-order valence-electron chi connectivity index (χ4n) is 1.50. The normalized spacial score (nSPS) is 25.2. The molecule has 0 aliphatic carbocycles. The minimum absolute atomic E-state index is 0.0666. The van der Waals surface area contributed by atoms with Crippen LogP contribution in [0.25, 0.3) is 0 Å². The molecule has 1 aliphatic rings. The summed E-state index contributed by atoms with van der Waals surface area (Å²) < 4.78 is 5.29. The van der Waals surface area contributed by atoms with Crippen LogP contribution >= 0.6 is 15.9 Å². The molecule has 2 atom stereocenters. The highest BCUT2D eigenvalue weighted by molar-refractivity contribution is 9.10. The molecule has 1 saturated heterocycles. The van der Waals surface area contributed by atoms with Crippen LogP contribution in [0, 0.1) is 5.92 Å². The first-order valence-corrected chi connectivity index (χ1v) is 5.98. The molecule has 0 aromatic carbocycles. The van der Waals surface area contributed by atoms with Crippen LogP contribution in [0.5, 0.6) is 0 Å². The van der Waals surface area contributed by atoms with E-state index in [4.69, 9.17) is 4.74 Å². The second kappa shape index (κ2) is 5.12. The highest BCUT2D eigenvalue weighted by Gasteiger charge is 2.29. The molecule has 0 N–H and O–H groups in total. The van der Waals surface area contributed by atoms with Crippen molar-refractivity contribution in [3.63, 3.8) is 0 Å². The number of rotatable bonds is 2. The van der Waals surface area contributed by atoms with Gasteiger partial charge in [-0.15, -0.1) is 0 Å². The largest absolute Gasteiger partial charge is 0.377 e. The highest BCUT2D eigenvalue weighted by atomic mass is 79.9. The lowest BCUT2D eigenvalue weighted by molar-refractivity contribution is -0.139. The molecule has 0 saturated carbocycles. The number of halogens is 1. The van der Waals surface area contributed by atoms with Gasteiger partial charge in [-0.1, -0.05) is 29.8 Å². The van der Waals surface area contributed by atoms with Crippen molar-refractivity contribution in [3.05, 3.63) is 0 Å². The molecule has 3 nitrogen and oxygen atoms in total. The molecule has 1 fully saturated rings. The summed E-state index contributed by atoms with van der Waals surface area (Å²) >= 11 is 3.44. The summed E-state index contributed by atoms with van der Waals surface area (Å²) in [5.74, 6) is 0.522. The van der Waals surface area contributed by atoms with Crippen LogP contribution < -0.4 is 0 Å². The summed E-state index contributed by atoms with van der Waals surface area (Å²) in [6, 6.07) is 0.204. The molecule has 0 radical (unpaired) electrons. The van der Waals surface area contributed by atoms with Gasteiger partial charge in [-0.25, -0.2) is 0 Å². The van der Waals surface area contributed by atoms with Crippen LogP contribution in [0.2, 0.25) is 0 Å². The Labute approximate surface area is 93.9 Å². The minimum atomic E-state index is -0.0666. The first-order chi connectivity index (χ1) is 6.54. The summed E-state index contributed by atoms with van der Waals surface area (Å²) in [6.45, 7) is 8.15. The maximum atomic E-state index is 12.0. The number of carbonyl (C=O) groups is 1. The molecule has 82 valence electrons. The summed E-state index contributed by atoms with van der Waals surface area (Å²) in [7, 11) is 0. The zero-order chi connectivity index (χ0) is 10.7. The Morgan fingerprint density at radius 1 is 1.57 bits per heavy atom. The van der Waals surface area contributed by atoms with Crippen molar-refractivity contribution in [2.75, 3.05) is 19.8 Å². The topological polar surface area (TPSA) is 29.5 Å². The molecule has 14 heavy (non-hydrogen) atoms. The Morgan fingerprint density at radius 3 is 2.71 bits per heavy atom. The lowest BCUT2D eigenvalue weighted by Gasteiger charge is -2.35. The van der Waals surface area contributed by atoms with Gasteiger partial charge in [0.15, 0.2) is 0 Å². The second-order valence-corrected chi connectivity index (χ2v) is 5.09. The van der Waals surface area contributed by atoms with Crippen molar-refractivity contribution in [1.29, 1.82) is 0 Å². The number of amides is 1. The Hall–Kier alpha value is -0.0900.